The largest absolute Gasteiger partial charge is 0.269 e. The molecule has 6 nitrogen and oxygen atoms in total. The molecule has 0 unspecified atom stereocenters. The first-order chi connectivity index (χ1) is 11.3. The van der Waals surface area contributed by atoms with E-state index in [0.29, 0.717) is 0 Å². The number of rotatable bonds is 7. The van der Waals surface area contributed by atoms with E-state index in [2.05, 4.69) is 28.4 Å². The molecule has 0 bridgehead atoms. The lowest BCUT2D eigenvalue weighted by molar-refractivity contribution is 0.576. The summed E-state index contributed by atoms with van der Waals surface area (Å²) in [5, 5.41) is 8.97. The summed E-state index contributed by atoms with van der Waals surface area (Å²) in [6, 6.07) is 7.83. The molecule has 0 spiro atoms. The third kappa shape index (κ3) is 3.79. The lowest BCUT2D eigenvalue weighted by Crippen LogP contribution is -2.10. The molecule has 0 saturated heterocycles. The van der Waals surface area contributed by atoms with Crippen molar-refractivity contribution >= 4 is 11.8 Å². The number of thioether (sulfide) groups is 1. The monoisotopic (exact) mass is 328 g/mol. The van der Waals surface area contributed by atoms with Crippen LogP contribution in [0.5, 0.6) is 0 Å². The van der Waals surface area contributed by atoms with Crippen molar-refractivity contribution in [3.8, 4) is 5.82 Å². The van der Waals surface area contributed by atoms with Gasteiger partial charge in [0.15, 0.2) is 11.6 Å². The van der Waals surface area contributed by atoms with E-state index in [1.165, 1.54) is 0 Å². The van der Waals surface area contributed by atoms with Gasteiger partial charge >= 0.3 is 0 Å². The zero-order chi connectivity index (χ0) is 16.1. The highest BCUT2D eigenvalue weighted by molar-refractivity contribution is 7.98. The third-order valence-electron chi connectivity index (χ3n) is 3.59. The van der Waals surface area contributed by atoms with Gasteiger partial charge in [0.1, 0.15) is 5.82 Å². The summed E-state index contributed by atoms with van der Waals surface area (Å²) < 4.78 is 3.84. The van der Waals surface area contributed by atoms with Gasteiger partial charge in [-0.1, -0.05) is 6.07 Å². The molecular weight excluding hydrogens is 308 g/mol. The van der Waals surface area contributed by atoms with Crippen LogP contribution in [0.4, 0.5) is 0 Å². The molecule has 0 radical (unpaired) electrons. The minimum atomic E-state index is 0.769. The molecular formula is C16H20N6S. The number of aromatic nitrogens is 6. The molecule has 3 heterocycles. The van der Waals surface area contributed by atoms with Gasteiger partial charge in [0.25, 0.3) is 0 Å². The number of nitrogens with zero attached hydrogens (tertiary/aromatic N) is 6. The van der Waals surface area contributed by atoms with Gasteiger partial charge < -0.3 is 0 Å². The summed E-state index contributed by atoms with van der Waals surface area (Å²) in [5.74, 6) is 3.62. The normalized spacial score (nSPS) is 11.0. The average molecular weight is 328 g/mol. The highest BCUT2D eigenvalue weighted by Gasteiger charge is 2.12. The van der Waals surface area contributed by atoms with E-state index in [4.69, 9.17) is 4.98 Å². The molecule has 0 amide bonds. The van der Waals surface area contributed by atoms with Crippen LogP contribution in [0, 0.1) is 6.92 Å². The first-order valence-corrected chi connectivity index (χ1v) is 9.01. The molecule has 0 atom stereocenters. The lowest BCUT2D eigenvalue weighted by atomic mass is 10.3. The molecule has 0 aliphatic carbocycles. The topological polar surface area (TPSA) is 61.4 Å². The maximum Gasteiger partial charge on any atom is 0.155 e. The Bertz CT molecular complexity index is 749. The van der Waals surface area contributed by atoms with Crippen LogP contribution in [0.25, 0.3) is 5.82 Å². The molecule has 3 rings (SSSR count). The summed E-state index contributed by atoms with van der Waals surface area (Å²) in [4.78, 5) is 9.11. The van der Waals surface area contributed by atoms with Crippen molar-refractivity contribution in [2.75, 3.05) is 12.0 Å². The Hall–Kier alpha value is -2.15. The van der Waals surface area contributed by atoms with Crippen LogP contribution >= 0.6 is 11.8 Å². The average Bonchev–Trinajstić information content (AvgIpc) is 3.18. The minimum absolute atomic E-state index is 0.769. The van der Waals surface area contributed by atoms with Gasteiger partial charge in [-0.3, -0.25) is 4.68 Å². The van der Waals surface area contributed by atoms with Crippen LogP contribution in [-0.4, -0.2) is 41.5 Å². The maximum atomic E-state index is 4.71. The summed E-state index contributed by atoms with van der Waals surface area (Å²) in [6.45, 7) is 2.84. The first-order valence-electron chi connectivity index (χ1n) is 7.61. The van der Waals surface area contributed by atoms with E-state index in [1.807, 2.05) is 39.8 Å². The van der Waals surface area contributed by atoms with Crippen molar-refractivity contribution in [2.24, 2.45) is 0 Å². The predicted molar refractivity (Wildman–Crippen MR) is 91.9 cm³/mol. The van der Waals surface area contributed by atoms with Crippen LogP contribution in [0.15, 0.2) is 36.7 Å². The number of hydrogen-bond acceptors (Lipinski definition) is 5. The second-order valence-electron chi connectivity index (χ2n) is 5.23. The summed E-state index contributed by atoms with van der Waals surface area (Å²) in [7, 11) is 0. The van der Waals surface area contributed by atoms with Crippen molar-refractivity contribution in [3.63, 3.8) is 0 Å². The zero-order valence-electron chi connectivity index (χ0n) is 13.4. The highest BCUT2D eigenvalue weighted by atomic mass is 32.2. The van der Waals surface area contributed by atoms with E-state index in [-0.39, 0.29) is 0 Å². The smallest absolute Gasteiger partial charge is 0.155 e. The Morgan fingerprint density at radius 2 is 2.04 bits per heavy atom. The number of hydrogen-bond donors (Lipinski definition) is 0. The minimum Gasteiger partial charge on any atom is -0.269 e. The second-order valence-corrected chi connectivity index (χ2v) is 6.22. The Morgan fingerprint density at radius 3 is 2.74 bits per heavy atom. The summed E-state index contributed by atoms with van der Waals surface area (Å²) >= 11 is 1.80. The number of aryl methyl sites for hydroxylation is 4. The molecule has 7 heteroatoms. The van der Waals surface area contributed by atoms with Gasteiger partial charge in [-0.2, -0.15) is 21.5 Å². The summed E-state index contributed by atoms with van der Waals surface area (Å²) in [5.41, 5.74) is 1.15. The molecule has 0 aromatic carbocycles. The second kappa shape index (κ2) is 7.41. The molecule has 0 N–H and O–H groups in total. The zero-order valence-corrected chi connectivity index (χ0v) is 14.2. The van der Waals surface area contributed by atoms with Gasteiger partial charge in [-0.15, -0.1) is 5.10 Å². The fourth-order valence-corrected chi connectivity index (χ4v) is 2.74. The van der Waals surface area contributed by atoms with E-state index in [0.717, 1.165) is 48.3 Å². The van der Waals surface area contributed by atoms with Crippen molar-refractivity contribution in [2.45, 2.75) is 26.3 Å². The highest BCUT2D eigenvalue weighted by Crippen LogP contribution is 2.10. The Kier molecular flexibility index (Phi) is 5.07. The van der Waals surface area contributed by atoms with Gasteiger partial charge in [0.2, 0.25) is 0 Å². The fraction of sp³-hybridized carbons (Fsp3) is 0.375. The van der Waals surface area contributed by atoms with Crippen LogP contribution in [0.2, 0.25) is 0 Å². The van der Waals surface area contributed by atoms with Crippen LogP contribution in [0.3, 0.4) is 0 Å². The van der Waals surface area contributed by atoms with Gasteiger partial charge in [0, 0.05) is 43.2 Å². The molecule has 0 aliphatic rings. The number of pyridine rings is 1. The maximum absolute atomic E-state index is 4.71. The van der Waals surface area contributed by atoms with Gasteiger partial charge in [0.05, 0.1) is 0 Å². The van der Waals surface area contributed by atoms with E-state index in [1.54, 1.807) is 18.0 Å². The Balaban J connectivity index is 1.84. The SMILES string of the molecule is CSCCc1nc(CCn2nccc2C)n(-c2ccccn2)n1. The Morgan fingerprint density at radius 1 is 1.13 bits per heavy atom. The van der Waals surface area contributed by atoms with Crippen LogP contribution in [-0.2, 0) is 19.4 Å². The van der Waals surface area contributed by atoms with Gasteiger partial charge in [-0.05, 0) is 31.4 Å². The molecule has 120 valence electrons. The quantitative estimate of drug-likeness (QED) is 0.666. The van der Waals surface area contributed by atoms with Crippen molar-refractivity contribution in [1.82, 2.24) is 29.5 Å². The van der Waals surface area contributed by atoms with Crippen molar-refractivity contribution < 1.29 is 0 Å². The van der Waals surface area contributed by atoms with Crippen molar-refractivity contribution in [3.05, 3.63) is 54.0 Å². The molecule has 3 aromatic heterocycles. The summed E-state index contributed by atoms with van der Waals surface area (Å²) in [6.07, 6.45) is 7.33. The predicted octanol–water partition coefficient (Wildman–Crippen LogP) is 2.32. The third-order valence-corrected chi connectivity index (χ3v) is 4.20. The van der Waals surface area contributed by atoms with E-state index < -0.39 is 0 Å². The first kappa shape index (κ1) is 15.7. The van der Waals surface area contributed by atoms with Crippen molar-refractivity contribution in [1.29, 1.82) is 0 Å². The molecule has 3 aromatic rings. The standard InChI is InChI=1S/C16H20N6S/c1-13-6-10-18-21(13)11-7-16-19-14(8-12-23-2)20-22(16)15-5-3-4-9-17-15/h3-6,9-10H,7-8,11-12H2,1-2H3. The van der Waals surface area contributed by atoms with Gasteiger partial charge in [-0.25, -0.2) is 9.97 Å². The van der Waals surface area contributed by atoms with Crippen LogP contribution in [0.1, 0.15) is 17.3 Å². The lowest BCUT2D eigenvalue weighted by Gasteiger charge is -2.06. The van der Waals surface area contributed by atoms with E-state index in [9.17, 15) is 0 Å². The molecule has 0 fully saturated rings. The molecule has 0 saturated carbocycles. The Labute approximate surface area is 140 Å². The fourth-order valence-electron chi connectivity index (χ4n) is 2.35. The molecule has 23 heavy (non-hydrogen) atoms. The van der Waals surface area contributed by atoms with E-state index >= 15 is 0 Å². The van der Waals surface area contributed by atoms with Crippen LogP contribution < -0.4 is 0 Å². The molecule has 0 aliphatic heterocycles.